The van der Waals surface area contributed by atoms with Gasteiger partial charge in [0.05, 0.1) is 31.0 Å². The van der Waals surface area contributed by atoms with Gasteiger partial charge in [-0.05, 0) is 106 Å². The topological polar surface area (TPSA) is 290 Å². The van der Waals surface area contributed by atoms with Crippen LogP contribution in [-0.4, -0.2) is 188 Å². The molecule has 0 aromatic heterocycles. The molecule has 0 spiro atoms. The van der Waals surface area contributed by atoms with Crippen molar-refractivity contribution in [3.8, 4) is 0 Å². The molecule has 1 aromatic carbocycles. The quantitative estimate of drug-likeness (QED) is 0.0936. The number of aliphatic hydroxyl groups is 9. The van der Waals surface area contributed by atoms with Crippen molar-refractivity contribution in [1.29, 1.82) is 0 Å². The fraction of sp³-hybridized carbons (Fsp3) is 0.833. The number of aliphatic hydroxyl groups excluding tert-OH is 8. The van der Waals surface area contributed by atoms with E-state index in [-0.39, 0.29) is 41.0 Å². The Labute approximate surface area is 390 Å². The third-order valence-electron chi connectivity index (χ3n) is 17.4. The summed E-state index contributed by atoms with van der Waals surface area (Å²) in [5, 5.41) is 98.0. The van der Waals surface area contributed by atoms with E-state index in [2.05, 4.69) is 13.8 Å². The Hall–Kier alpha value is -2.28. The summed E-state index contributed by atoms with van der Waals surface area (Å²) in [6.45, 7) is 6.16. The fourth-order valence-electron chi connectivity index (χ4n) is 13.6. The Bertz CT molecular complexity index is 1860. The zero-order valence-corrected chi connectivity index (χ0v) is 38.9. The molecule has 0 radical (unpaired) electrons. The highest BCUT2D eigenvalue weighted by Gasteiger charge is 2.72. The number of Topliss-reactive ketones (excluding diaryl/α,β-unsaturated/α-hetero) is 1. The summed E-state index contributed by atoms with van der Waals surface area (Å²) in [6, 6.07) is 8.79. The first-order valence-electron chi connectivity index (χ1n) is 24.0. The van der Waals surface area contributed by atoms with Gasteiger partial charge >= 0.3 is 5.97 Å². The van der Waals surface area contributed by atoms with Crippen LogP contribution in [0.25, 0.3) is 0 Å². The minimum absolute atomic E-state index is 0.0491. The number of methoxy groups -OCH3 is 1. The van der Waals surface area contributed by atoms with Gasteiger partial charge in [-0.3, -0.25) is 0 Å². The van der Waals surface area contributed by atoms with Gasteiger partial charge < -0.3 is 88.6 Å². The Morgan fingerprint density at radius 1 is 0.701 bits per heavy atom. The Morgan fingerprint density at radius 3 is 2.00 bits per heavy atom. The van der Waals surface area contributed by atoms with E-state index in [1.807, 2.05) is 6.07 Å². The van der Waals surface area contributed by atoms with Gasteiger partial charge in [-0.1, -0.05) is 32.0 Å². The van der Waals surface area contributed by atoms with Crippen LogP contribution < -0.4 is 0 Å². The third-order valence-corrected chi connectivity index (χ3v) is 17.4. The summed E-state index contributed by atoms with van der Waals surface area (Å²) < 4.78 is 47.9. The van der Waals surface area contributed by atoms with Crippen LogP contribution in [-0.2, 0) is 42.7 Å². The van der Waals surface area contributed by atoms with Crippen LogP contribution in [0.4, 0.5) is 0 Å². The first-order chi connectivity index (χ1) is 31.8. The molecule has 0 amide bonds. The number of carbonyl (C=O) groups is 2. The van der Waals surface area contributed by atoms with E-state index in [0.29, 0.717) is 44.1 Å². The fourth-order valence-corrected chi connectivity index (χ4v) is 13.6. The SMILES string of the molecule is CO[C@@H]1C(O)[C@H](O[C@H]2CC[C@@]3(C)[C@@H](CCC4[C@@H]3CC[C@]3(C)[C@H](CC(C)=O)C[C@H](OC(=O)c5ccccc5)[C@]43O)C2)OC(C)[C@@H]1O[C@@H]1OC(CO)[C@@H](O[C@@H]2OC(CO)[C@@H](O)[C@H](O)C2O)[C@H](O)C1O. The van der Waals surface area contributed by atoms with Crippen molar-refractivity contribution in [1.82, 2.24) is 0 Å². The Balaban J connectivity index is 0.906. The van der Waals surface area contributed by atoms with E-state index in [1.54, 1.807) is 38.1 Å². The number of fused-ring (bicyclic) bond motifs is 5. The second-order valence-electron chi connectivity index (χ2n) is 20.9. The van der Waals surface area contributed by atoms with Crippen LogP contribution in [0.1, 0.15) is 95.8 Å². The predicted molar refractivity (Wildman–Crippen MR) is 230 cm³/mol. The van der Waals surface area contributed by atoms with E-state index in [0.717, 1.165) is 19.3 Å². The number of hydrogen-bond donors (Lipinski definition) is 9. The molecule has 24 atom stereocenters. The largest absolute Gasteiger partial charge is 0.456 e. The van der Waals surface area contributed by atoms with Crippen molar-refractivity contribution < 1.29 is 93.4 Å². The number of hydrogen-bond acceptors (Lipinski definition) is 19. The first-order valence-corrected chi connectivity index (χ1v) is 24.0. The van der Waals surface area contributed by atoms with Crippen molar-refractivity contribution in [2.45, 2.75) is 195 Å². The summed E-state index contributed by atoms with van der Waals surface area (Å²) in [5.41, 5.74) is -1.70. The maximum absolute atomic E-state index is 13.5. The standard InChI is InChI=1S/C48H72O19/c1-22(51)17-26-19-32(65-42(58)24-9-7-6-8-10-24)48(59)29-12-11-25-18-27(13-15-46(25,3)28(29)14-16-47(26,48)4)62-45-38(57)41(60-5)39(23(2)61-45)66-44-37(56)35(54)40(31(21-50)64-44)67-43-36(55)34(53)33(52)30(20-49)63-43/h6-10,23,25-41,43-45,49-50,52-57,59H,11-21H2,1-5H3/t23?,25-,26+,27-,28-,29?,30?,31?,32-,33+,34-,35+,36?,37?,38?,39-,40+,41+,43-,44-,45-,46-,47+,48+/m0/s1. The number of esters is 1. The molecule has 3 saturated heterocycles. The number of carbonyl (C=O) groups excluding carboxylic acids is 2. The van der Waals surface area contributed by atoms with Gasteiger partial charge in [0.15, 0.2) is 18.9 Å². The molecule has 7 aliphatic rings. The maximum atomic E-state index is 13.5. The van der Waals surface area contributed by atoms with Crippen molar-refractivity contribution in [3.05, 3.63) is 35.9 Å². The van der Waals surface area contributed by atoms with Gasteiger partial charge in [0.25, 0.3) is 0 Å². The number of rotatable bonds is 13. The van der Waals surface area contributed by atoms with Crippen molar-refractivity contribution in [2.75, 3.05) is 20.3 Å². The molecule has 4 aliphatic carbocycles. The van der Waals surface area contributed by atoms with Crippen LogP contribution in [0.15, 0.2) is 30.3 Å². The molecule has 4 saturated carbocycles. The third kappa shape index (κ3) is 9.06. The second kappa shape index (κ2) is 20.1. The molecule has 7 unspecified atom stereocenters. The lowest BCUT2D eigenvalue weighted by Crippen LogP contribution is -2.66. The van der Waals surface area contributed by atoms with Crippen LogP contribution >= 0.6 is 0 Å². The van der Waals surface area contributed by atoms with Crippen molar-refractivity contribution >= 4 is 11.8 Å². The molecule has 1 aromatic rings. The lowest BCUT2D eigenvalue weighted by molar-refractivity contribution is -0.380. The number of benzene rings is 1. The van der Waals surface area contributed by atoms with E-state index in [4.69, 9.17) is 37.9 Å². The van der Waals surface area contributed by atoms with Crippen LogP contribution in [0.5, 0.6) is 0 Å². The van der Waals surface area contributed by atoms with Crippen molar-refractivity contribution in [3.63, 3.8) is 0 Å². The van der Waals surface area contributed by atoms with Crippen LogP contribution in [0, 0.1) is 34.5 Å². The Kier molecular flexibility index (Phi) is 15.3. The van der Waals surface area contributed by atoms with Crippen LogP contribution in [0.3, 0.4) is 0 Å². The average molecular weight is 953 g/mol. The second-order valence-corrected chi connectivity index (χ2v) is 20.9. The molecule has 7 fully saturated rings. The molecule has 67 heavy (non-hydrogen) atoms. The van der Waals surface area contributed by atoms with Crippen molar-refractivity contribution in [2.24, 2.45) is 34.5 Å². The summed E-state index contributed by atoms with van der Waals surface area (Å²) in [4.78, 5) is 26.1. The van der Waals surface area contributed by atoms with E-state index in [9.17, 15) is 55.5 Å². The summed E-state index contributed by atoms with van der Waals surface area (Å²) >= 11 is 0. The lowest BCUT2D eigenvalue weighted by atomic mass is 9.43. The van der Waals surface area contributed by atoms with Gasteiger partial charge in [0.2, 0.25) is 0 Å². The monoisotopic (exact) mass is 952 g/mol. The molecular formula is C48H72O19. The maximum Gasteiger partial charge on any atom is 0.338 e. The van der Waals surface area contributed by atoms with Crippen LogP contribution in [0.2, 0.25) is 0 Å². The van der Waals surface area contributed by atoms with Gasteiger partial charge in [0, 0.05) is 18.9 Å². The molecule has 378 valence electrons. The summed E-state index contributed by atoms with van der Waals surface area (Å²) in [5.74, 6) is -0.369. The van der Waals surface area contributed by atoms with Gasteiger partial charge in [0.1, 0.15) is 84.6 Å². The molecule has 8 rings (SSSR count). The molecule has 19 nitrogen and oxygen atoms in total. The minimum Gasteiger partial charge on any atom is -0.456 e. The highest BCUT2D eigenvalue weighted by atomic mass is 16.8. The van der Waals surface area contributed by atoms with E-state index < -0.39 is 128 Å². The highest BCUT2D eigenvalue weighted by molar-refractivity contribution is 5.89. The molecule has 19 heteroatoms. The molecule has 3 heterocycles. The predicted octanol–water partition coefficient (Wildman–Crippen LogP) is 0.0900. The Morgan fingerprint density at radius 2 is 1.34 bits per heavy atom. The zero-order chi connectivity index (χ0) is 48.3. The van der Waals surface area contributed by atoms with Gasteiger partial charge in [-0.2, -0.15) is 0 Å². The van der Waals surface area contributed by atoms with Gasteiger partial charge in [-0.25, -0.2) is 4.79 Å². The average Bonchev–Trinajstić information content (AvgIpc) is 3.52. The molecule has 0 bridgehead atoms. The summed E-state index contributed by atoms with van der Waals surface area (Å²) in [6.07, 6.45) is -17.0. The minimum atomic E-state index is -1.82. The zero-order valence-electron chi connectivity index (χ0n) is 38.9. The smallest absolute Gasteiger partial charge is 0.338 e. The number of ether oxygens (including phenoxy) is 8. The van der Waals surface area contributed by atoms with E-state index in [1.165, 1.54) is 7.11 Å². The number of ketones is 1. The molecular weight excluding hydrogens is 881 g/mol. The summed E-state index contributed by atoms with van der Waals surface area (Å²) in [7, 11) is 1.38. The lowest BCUT2D eigenvalue weighted by Gasteiger charge is -2.64. The van der Waals surface area contributed by atoms with Gasteiger partial charge in [-0.15, -0.1) is 0 Å². The molecule has 3 aliphatic heterocycles. The molecule has 9 N–H and O–H groups in total. The normalized spacial score (nSPS) is 49.9. The van der Waals surface area contributed by atoms with E-state index >= 15 is 0 Å². The first kappa shape index (κ1) is 51.1. The highest BCUT2D eigenvalue weighted by Crippen LogP contribution is 2.70.